The Morgan fingerprint density at radius 2 is 1.13 bits per heavy atom. The number of nitrogens with one attached hydrogen (secondary N) is 2. The lowest BCUT2D eigenvalue weighted by Gasteiger charge is -2.20. The van der Waals surface area contributed by atoms with Crippen molar-refractivity contribution in [3.05, 3.63) is 83.9 Å². The van der Waals surface area contributed by atoms with Crippen LogP contribution in [0, 0.1) is 0 Å². The Morgan fingerprint density at radius 3 is 1.64 bits per heavy atom. The van der Waals surface area contributed by atoms with E-state index in [2.05, 4.69) is 121 Å². The predicted molar refractivity (Wildman–Crippen MR) is 198 cm³/mol. The highest BCUT2D eigenvalue weighted by Gasteiger charge is 2.26. The van der Waals surface area contributed by atoms with Crippen molar-refractivity contribution in [1.82, 2.24) is 19.8 Å². The molecule has 4 aromatic carbocycles. The second-order valence-corrected chi connectivity index (χ2v) is 15.0. The number of rotatable bonds is 10. The van der Waals surface area contributed by atoms with Crippen LogP contribution in [0.2, 0.25) is 0 Å². The van der Waals surface area contributed by atoms with Crippen LogP contribution >= 0.6 is 23.5 Å². The van der Waals surface area contributed by atoms with E-state index in [1.54, 1.807) is 0 Å². The lowest BCUT2D eigenvalue weighted by molar-refractivity contribution is 0.262. The summed E-state index contributed by atoms with van der Waals surface area (Å²) in [5.41, 5.74) is 12.2. The van der Waals surface area contributed by atoms with Crippen LogP contribution in [-0.4, -0.2) is 74.3 Å². The maximum absolute atomic E-state index is 6.36. The predicted octanol–water partition coefficient (Wildman–Crippen LogP) is 9.13. The molecule has 0 saturated heterocycles. The first-order chi connectivity index (χ1) is 22.9. The third-order valence-electron chi connectivity index (χ3n) is 9.17. The highest BCUT2D eigenvalue weighted by Crippen LogP contribution is 2.50. The minimum absolute atomic E-state index is 0.661. The number of likely N-dealkylation sites (N-methyl/N-ethyl adjacent to an activating group) is 1. The van der Waals surface area contributed by atoms with Gasteiger partial charge in [0, 0.05) is 56.2 Å². The first kappa shape index (κ1) is 30.5. The van der Waals surface area contributed by atoms with E-state index < -0.39 is 0 Å². The van der Waals surface area contributed by atoms with Gasteiger partial charge < -0.3 is 29.2 Å². The Hall–Kier alpha value is -3.82. The van der Waals surface area contributed by atoms with Gasteiger partial charge in [0.15, 0.2) is 0 Å². The van der Waals surface area contributed by atoms with E-state index in [9.17, 15) is 0 Å². The van der Waals surface area contributed by atoms with E-state index >= 15 is 0 Å². The normalized spacial score (nSPS) is 13.6. The van der Waals surface area contributed by atoms with Crippen LogP contribution in [0.1, 0.15) is 17.5 Å². The summed E-state index contributed by atoms with van der Waals surface area (Å²) in [6, 6.07) is 26.6. The highest BCUT2D eigenvalue weighted by molar-refractivity contribution is 7.99. The molecule has 0 saturated carbocycles. The van der Waals surface area contributed by atoms with Gasteiger partial charge in [-0.15, -0.1) is 23.5 Å². The van der Waals surface area contributed by atoms with Crippen LogP contribution in [0.3, 0.4) is 0 Å². The largest absolute Gasteiger partial charge is 0.493 e. The summed E-state index contributed by atoms with van der Waals surface area (Å²) in [6.45, 7) is 3.26. The molecule has 0 atom stereocenters. The third-order valence-corrected chi connectivity index (χ3v) is 11.3. The molecule has 2 N–H and O–H groups in total. The summed E-state index contributed by atoms with van der Waals surface area (Å²) in [5.74, 6) is 3.82. The summed E-state index contributed by atoms with van der Waals surface area (Å²) < 4.78 is 12.7. The summed E-state index contributed by atoms with van der Waals surface area (Å²) >= 11 is 3.80. The number of H-pyrrole nitrogens is 2. The van der Waals surface area contributed by atoms with Gasteiger partial charge in [-0.05, 0) is 93.3 Å². The van der Waals surface area contributed by atoms with Crippen LogP contribution in [0.4, 0.5) is 0 Å². The Bertz CT molecular complexity index is 2110. The molecule has 6 aromatic rings. The molecule has 0 radical (unpaired) electrons. The molecule has 2 aromatic heterocycles. The number of hydrogen-bond acceptors (Lipinski definition) is 6. The molecule has 0 aliphatic carbocycles. The SMILES string of the molecule is CN(C)CCCOc1cccc2c1-c1[nH]c3cc(-c4ccc5c6c([nH]c5c4)-c4c(OCCN(C)C)cccc4SC6)ccc3c1CS2. The van der Waals surface area contributed by atoms with E-state index in [1.165, 1.54) is 70.8 Å². The molecule has 2 aliphatic heterocycles. The van der Waals surface area contributed by atoms with Crippen LogP contribution in [-0.2, 0) is 11.5 Å². The second-order valence-electron chi connectivity index (χ2n) is 13.0. The number of aromatic nitrogens is 2. The van der Waals surface area contributed by atoms with Crippen molar-refractivity contribution in [3.63, 3.8) is 0 Å². The average Bonchev–Trinajstić information content (AvgIpc) is 3.64. The molecule has 0 spiro atoms. The van der Waals surface area contributed by atoms with E-state index in [0.29, 0.717) is 13.2 Å². The second kappa shape index (κ2) is 12.7. The zero-order valence-corrected chi connectivity index (χ0v) is 29.0. The first-order valence-corrected chi connectivity index (χ1v) is 18.3. The zero-order chi connectivity index (χ0) is 32.1. The topological polar surface area (TPSA) is 56.5 Å². The molecule has 8 heteroatoms. The Balaban J connectivity index is 1.13. The lowest BCUT2D eigenvalue weighted by Crippen LogP contribution is -2.19. The number of fused-ring (bicyclic) bond motifs is 10. The quantitative estimate of drug-likeness (QED) is 0.143. The summed E-state index contributed by atoms with van der Waals surface area (Å²) in [4.78, 5) is 14.5. The zero-order valence-electron chi connectivity index (χ0n) is 27.4. The fraction of sp³-hybridized carbons (Fsp3) is 0.282. The fourth-order valence-electron chi connectivity index (χ4n) is 6.79. The standard InChI is InChI=1S/C39H40N4O2S2/c1-42(2)16-7-18-44-32-8-5-10-34-36(32)38-28(22-46-34)26-14-12-24(20-30(26)40-38)25-13-15-27-29-23-47-35-11-6-9-33(45-19-17-43(3)4)37(35)39(29)41-31(27)21-25/h5-6,8-15,20-21,40-41H,7,16-19,22-23H2,1-4H3. The van der Waals surface area contributed by atoms with Crippen LogP contribution in [0.25, 0.3) is 55.4 Å². The molecule has 0 unspecified atom stereocenters. The third kappa shape index (κ3) is 5.71. The molecular weight excluding hydrogens is 621 g/mol. The van der Waals surface area contributed by atoms with Crippen molar-refractivity contribution < 1.29 is 9.47 Å². The minimum atomic E-state index is 0.661. The average molecular weight is 661 g/mol. The summed E-state index contributed by atoms with van der Waals surface area (Å²) in [7, 11) is 8.36. The van der Waals surface area contributed by atoms with E-state index in [0.717, 1.165) is 48.0 Å². The number of benzene rings is 4. The van der Waals surface area contributed by atoms with E-state index in [1.807, 2.05) is 23.5 Å². The highest BCUT2D eigenvalue weighted by atomic mass is 32.2. The lowest BCUT2D eigenvalue weighted by atomic mass is 10.00. The van der Waals surface area contributed by atoms with Crippen molar-refractivity contribution in [3.8, 4) is 45.1 Å². The van der Waals surface area contributed by atoms with Crippen molar-refractivity contribution >= 4 is 45.3 Å². The van der Waals surface area contributed by atoms with Crippen LogP contribution in [0.5, 0.6) is 11.5 Å². The van der Waals surface area contributed by atoms with Gasteiger partial charge in [-0.2, -0.15) is 0 Å². The van der Waals surface area contributed by atoms with Gasteiger partial charge in [0.2, 0.25) is 0 Å². The van der Waals surface area contributed by atoms with Crippen molar-refractivity contribution in [2.24, 2.45) is 0 Å². The summed E-state index contributed by atoms with van der Waals surface area (Å²) in [6.07, 6.45) is 0.998. The Kier molecular flexibility index (Phi) is 8.22. The fourth-order valence-corrected chi connectivity index (χ4v) is 9.04. The van der Waals surface area contributed by atoms with Crippen molar-refractivity contribution in [1.29, 1.82) is 0 Å². The molecule has 0 amide bonds. The molecule has 0 fully saturated rings. The van der Waals surface area contributed by atoms with Gasteiger partial charge in [-0.25, -0.2) is 0 Å². The monoisotopic (exact) mass is 660 g/mol. The molecule has 4 heterocycles. The smallest absolute Gasteiger partial charge is 0.129 e. The van der Waals surface area contributed by atoms with E-state index in [-0.39, 0.29) is 0 Å². The number of hydrogen-bond donors (Lipinski definition) is 2. The number of thioether (sulfide) groups is 2. The number of nitrogens with zero attached hydrogens (tertiary/aromatic N) is 2. The molecule has 2 aliphatic rings. The number of ether oxygens (including phenoxy) is 2. The molecule has 6 nitrogen and oxygen atoms in total. The van der Waals surface area contributed by atoms with Gasteiger partial charge in [0.05, 0.1) is 29.1 Å². The van der Waals surface area contributed by atoms with Crippen molar-refractivity contribution in [2.45, 2.75) is 27.7 Å². The summed E-state index contributed by atoms with van der Waals surface area (Å²) in [5, 5.41) is 2.57. The number of aromatic amines is 2. The van der Waals surface area contributed by atoms with Crippen molar-refractivity contribution in [2.75, 3.05) is 54.5 Å². The maximum Gasteiger partial charge on any atom is 0.129 e. The van der Waals surface area contributed by atoms with Gasteiger partial charge in [0.25, 0.3) is 0 Å². The maximum atomic E-state index is 6.36. The first-order valence-electron chi connectivity index (χ1n) is 16.3. The molecular formula is C39H40N4O2S2. The molecule has 8 rings (SSSR count). The molecule has 47 heavy (non-hydrogen) atoms. The molecule has 0 bridgehead atoms. The minimum Gasteiger partial charge on any atom is -0.493 e. The van der Waals surface area contributed by atoms with Gasteiger partial charge in [-0.1, -0.05) is 36.4 Å². The van der Waals surface area contributed by atoms with Gasteiger partial charge in [0.1, 0.15) is 18.1 Å². The van der Waals surface area contributed by atoms with Crippen LogP contribution in [0.15, 0.2) is 82.6 Å². The van der Waals surface area contributed by atoms with E-state index in [4.69, 9.17) is 9.47 Å². The van der Waals surface area contributed by atoms with Crippen LogP contribution < -0.4 is 9.47 Å². The van der Waals surface area contributed by atoms with Gasteiger partial charge in [-0.3, -0.25) is 0 Å². The Morgan fingerprint density at radius 1 is 0.617 bits per heavy atom. The Labute approximate surface area is 284 Å². The van der Waals surface area contributed by atoms with Gasteiger partial charge >= 0.3 is 0 Å². The molecule has 240 valence electrons.